The Morgan fingerprint density at radius 1 is 1.19 bits per heavy atom. The Morgan fingerprint density at radius 2 is 1.81 bits per heavy atom. The average Bonchev–Trinajstić information content (AvgIpc) is 2.73. The Morgan fingerprint density at radius 3 is 2.38 bits per heavy atom. The van der Waals surface area contributed by atoms with Crippen molar-refractivity contribution in [3.05, 3.63) is 0 Å². The van der Waals surface area contributed by atoms with E-state index in [0.29, 0.717) is 18.0 Å². The molecule has 0 aromatic carbocycles. The number of nitrogens with zero attached hydrogens (tertiary/aromatic N) is 2. The van der Waals surface area contributed by atoms with Gasteiger partial charge in [-0.3, -0.25) is 14.6 Å². The number of aliphatic carboxylic acids is 1. The van der Waals surface area contributed by atoms with Crippen LogP contribution in [0.4, 0.5) is 0 Å². The molecule has 3 saturated heterocycles. The number of carbonyl (C=O) groups is 1. The van der Waals surface area contributed by atoms with Crippen molar-refractivity contribution in [3.8, 4) is 0 Å². The van der Waals surface area contributed by atoms with Gasteiger partial charge in [0.1, 0.15) is 0 Å². The summed E-state index contributed by atoms with van der Waals surface area (Å²) in [5.41, 5.74) is 0. The standard InChI is InChI=1S/C16H28N2O3/c1-12(16(19)20)13-10-14-2-3-15(11-13)18(14)5-4-17-6-8-21-9-7-17/h12-15H,2-11H2,1H3,(H,19,20). The van der Waals surface area contributed by atoms with E-state index in [1.54, 1.807) is 0 Å². The van der Waals surface area contributed by atoms with Gasteiger partial charge < -0.3 is 9.84 Å². The molecule has 0 amide bonds. The lowest BCUT2D eigenvalue weighted by Gasteiger charge is -2.41. The van der Waals surface area contributed by atoms with Crippen LogP contribution in [0.1, 0.15) is 32.6 Å². The maximum Gasteiger partial charge on any atom is 0.306 e. The molecule has 120 valence electrons. The summed E-state index contributed by atoms with van der Waals surface area (Å²) in [6.45, 7) is 8.01. The largest absolute Gasteiger partial charge is 0.481 e. The molecule has 3 aliphatic heterocycles. The minimum absolute atomic E-state index is 0.186. The molecule has 0 aliphatic carbocycles. The number of morpholine rings is 1. The summed E-state index contributed by atoms with van der Waals surface area (Å²) >= 11 is 0. The van der Waals surface area contributed by atoms with Crippen molar-refractivity contribution in [1.29, 1.82) is 0 Å². The van der Waals surface area contributed by atoms with E-state index in [1.807, 2.05) is 6.92 Å². The molecule has 0 spiro atoms. The summed E-state index contributed by atoms with van der Waals surface area (Å²) in [5.74, 6) is -0.435. The summed E-state index contributed by atoms with van der Waals surface area (Å²) in [5, 5.41) is 9.23. The maximum absolute atomic E-state index is 11.2. The van der Waals surface area contributed by atoms with Crippen LogP contribution in [0.5, 0.6) is 0 Å². The molecule has 1 N–H and O–H groups in total. The number of piperidine rings is 1. The van der Waals surface area contributed by atoms with E-state index < -0.39 is 5.97 Å². The van der Waals surface area contributed by atoms with E-state index in [9.17, 15) is 9.90 Å². The van der Waals surface area contributed by atoms with Gasteiger partial charge in [0.15, 0.2) is 0 Å². The van der Waals surface area contributed by atoms with Gasteiger partial charge in [0.05, 0.1) is 19.1 Å². The van der Waals surface area contributed by atoms with Crippen molar-refractivity contribution in [2.24, 2.45) is 11.8 Å². The first-order valence-corrected chi connectivity index (χ1v) is 8.44. The van der Waals surface area contributed by atoms with Crippen molar-refractivity contribution < 1.29 is 14.6 Å². The summed E-state index contributed by atoms with van der Waals surface area (Å²) in [7, 11) is 0. The number of ether oxygens (including phenoxy) is 1. The molecular weight excluding hydrogens is 268 g/mol. The van der Waals surface area contributed by atoms with E-state index in [1.165, 1.54) is 12.8 Å². The number of rotatable bonds is 5. The van der Waals surface area contributed by atoms with E-state index >= 15 is 0 Å². The van der Waals surface area contributed by atoms with Gasteiger partial charge in [-0.15, -0.1) is 0 Å². The zero-order valence-corrected chi connectivity index (χ0v) is 13.0. The molecular formula is C16H28N2O3. The molecule has 0 aromatic rings. The lowest BCUT2D eigenvalue weighted by atomic mass is 9.81. The molecule has 5 heteroatoms. The van der Waals surface area contributed by atoms with Gasteiger partial charge in [0.2, 0.25) is 0 Å². The summed E-state index contributed by atoms with van der Waals surface area (Å²) in [4.78, 5) is 16.4. The van der Waals surface area contributed by atoms with Crippen LogP contribution in [0.15, 0.2) is 0 Å². The third-order valence-corrected chi connectivity index (χ3v) is 5.80. The Bertz CT molecular complexity index is 357. The monoisotopic (exact) mass is 296 g/mol. The first-order chi connectivity index (χ1) is 10.1. The predicted molar refractivity (Wildman–Crippen MR) is 80.3 cm³/mol. The van der Waals surface area contributed by atoms with Crippen LogP contribution in [0.3, 0.4) is 0 Å². The molecule has 2 bridgehead atoms. The number of fused-ring (bicyclic) bond motifs is 2. The van der Waals surface area contributed by atoms with Crippen molar-refractivity contribution >= 4 is 5.97 Å². The van der Waals surface area contributed by atoms with Crippen molar-refractivity contribution in [2.75, 3.05) is 39.4 Å². The molecule has 0 radical (unpaired) electrons. The van der Waals surface area contributed by atoms with E-state index in [2.05, 4.69) is 9.80 Å². The highest BCUT2D eigenvalue weighted by atomic mass is 16.5. The SMILES string of the molecule is CC(C(=O)O)C1CC2CCC(C1)N2CCN1CCOCC1. The average molecular weight is 296 g/mol. The number of hydrogen-bond donors (Lipinski definition) is 1. The van der Waals surface area contributed by atoms with Gasteiger partial charge >= 0.3 is 5.97 Å². The van der Waals surface area contributed by atoms with Crippen LogP contribution in [0.25, 0.3) is 0 Å². The number of carboxylic acid groups (broad SMARTS) is 1. The van der Waals surface area contributed by atoms with Crippen molar-refractivity contribution in [2.45, 2.75) is 44.7 Å². The lowest BCUT2D eigenvalue weighted by Crippen LogP contribution is -2.49. The fourth-order valence-electron chi connectivity index (χ4n) is 4.37. The van der Waals surface area contributed by atoms with Crippen LogP contribution in [0, 0.1) is 11.8 Å². The van der Waals surface area contributed by atoms with Crippen LogP contribution in [-0.2, 0) is 9.53 Å². The van der Waals surface area contributed by atoms with Crippen LogP contribution >= 0.6 is 0 Å². The molecule has 3 fully saturated rings. The van der Waals surface area contributed by atoms with Gasteiger partial charge in [0.25, 0.3) is 0 Å². The highest BCUT2D eigenvalue weighted by Crippen LogP contribution is 2.41. The first-order valence-electron chi connectivity index (χ1n) is 8.44. The van der Waals surface area contributed by atoms with Gasteiger partial charge in [-0.2, -0.15) is 0 Å². The second kappa shape index (κ2) is 6.63. The third-order valence-electron chi connectivity index (χ3n) is 5.80. The normalized spacial score (nSPS) is 35.8. The second-order valence-electron chi connectivity index (χ2n) is 6.94. The fourth-order valence-corrected chi connectivity index (χ4v) is 4.37. The highest BCUT2D eigenvalue weighted by molar-refractivity contribution is 5.69. The number of hydrogen-bond acceptors (Lipinski definition) is 4. The van der Waals surface area contributed by atoms with Crippen LogP contribution in [-0.4, -0.2) is 72.4 Å². The van der Waals surface area contributed by atoms with E-state index in [0.717, 1.165) is 52.2 Å². The lowest BCUT2D eigenvalue weighted by molar-refractivity contribution is -0.144. The Labute approximate surface area is 127 Å². The molecule has 0 aromatic heterocycles. The van der Waals surface area contributed by atoms with Gasteiger partial charge in [-0.05, 0) is 31.6 Å². The fraction of sp³-hybridized carbons (Fsp3) is 0.938. The molecule has 21 heavy (non-hydrogen) atoms. The number of carboxylic acids is 1. The van der Waals surface area contributed by atoms with E-state index in [4.69, 9.17) is 4.74 Å². The van der Waals surface area contributed by atoms with Gasteiger partial charge in [-0.1, -0.05) is 6.92 Å². The zero-order chi connectivity index (χ0) is 14.8. The van der Waals surface area contributed by atoms with Gasteiger partial charge in [-0.25, -0.2) is 0 Å². The smallest absolute Gasteiger partial charge is 0.306 e. The second-order valence-corrected chi connectivity index (χ2v) is 6.94. The molecule has 0 saturated carbocycles. The van der Waals surface area contributed by atoms with Crippen molar-refractivity contribution in [3.63, 3.8) is 0 Å². The molecule has 3 rings (SSSR count). The molecule has 3 heterocycles. The molecule has 3 aliphatic rings. The van der Waals surface area contributed by atoms with E-state index in [-0.39, 0.29) is 5.92 Å². The van der Waals surface area contributed by atoms with Gasteiger partial charge in [0, 0.05) is 38.3 Å². The zero-order valence-electron chi connectivity index (χ0n) is 13.0. The summed E-state index contributed by atoms with van der Waals surface area (Å²) in [6, 6.07) is 1.24. The third kappa shape index (κ3) is 3.41. The Balaban J connectivity index is 1.51. The highest BCUT2D eigenvalue weighted by Gasteiger charge is 2.43. The Kier molecular flexibility index (Phi) is 4.82. The quantitative estimate of drug-likeness (QED) is 0.828. The molecule has 3 atom stereocenters. The van der Waals surface area contributed by atoms with Crippen LogP contribution < -0.4 is 0 Å². The minimum atomic E-state index is -0.624. The topological polar surface area (TPSA) is 53.0 Å². The predicted octanol–water partition coefficient (Wildman–Crippen LogP) is 1.28. The maximum atomic E-state index is 11.2. The van der Waals surface area contributed by atoms with Crippen molar-refractivity contribution in [1.82, 2.24) is 9.80 Å². The molecule has 3 unspecified atom stereocenters. The first kappa shape index (κ1) is 15.3. The minimum Gasteiger partial charge on any atom is -0.481 e. The summed E-state index contributed by atoms with van der Waals surface area (Å²) < 4.78 is 5.40. The molecule has 5 nitrogen and oxygen atoms in total. The Hall–Kier alpha value is -0.650. The summed E-state index contributed by atoms with van der Waals surface area (Å²) in [6.07, 6.45) is 4.67. The van der Waals surface area contributed by atoms with Crippen LogP contribution in [0.2, 0.25) is 0 Å².